The van der Waals surface area contributed by atoms with Gasteiger partial charge in [-0.05, 0) is 48.9 Å². The molecule has 1 fully saturated rings. The molecule has 278 valence electrons. The van der Waals surface area contributed by atoms with Gasteiger partial charge in [-0.3, -0.25) is 4.52 Å². The molecule has 5 rings (SSSR count). The standard InChI is InChI=1S/C35H31F4N4O8PS/c1-22(53-27-17-48-32(49-18-27)8-3-2-5-24-10-9-23(15-40)13-30(24)38)35(19-43-21-41-20-42-43,28-12-11-26(36)14-31(28)39)51-34(44)33-25(6-4-7-29(33)37)16-50-52(45,46)47/h2-14,20-22,27,32H,16-19H2,1H3,(H2,45,46,47)/b5-2+,8-3+/t22-,27?,32?,35-/m1/s1. The summed E-state index contributed by atoms with van der Waals surface area (Å²) in [7, 11) is -5.04. The van der Waals surface area contributed by atoms with Gasteiger partial charge in [0.2, 0.25) is 0 Å². The van der Waals surface area contributed by atoms with Crippen LogP contribution >= 0.6 is 19.6 Å². The minimum Gasteiger partial charge on any atom is -0.447 e. The van der Waals surface area contributed by atoms with Gasteiger partial charge in [-0.1, -0.05) is 36.4 Å². The van der Waals surface area contributed by atoms with Gasteiger partial charge in [-0.15, -0.1) is 11.8 Å². The molecule has 1 aromatic heterocycles. The van der Waals surface area contributed by atoms with Gasteiger partial charge in [-0.25, -0.2) is 36.6 Å². The summed E-state index contributed by atoms with van der Waals surface area (Å²) in [6, 6.07) is 12.0. The van der Waals surface area contributed by atoms with Crippen LogP contribution in [-0.2, 0) is 42.1 Å². The first-order valence-corrected chi connectivity index (χ1v) is 18.2. The Morgan fingerprint density at radius 3 is 2.55 bits per heavy atom. The van der Waals surface area contributed by atoms with E-state index in [1.54, 1.807) is 25.2 Å². The minimum absolute atomic E-state index is 0.106. The number of esters is 1. The number of benzene rings is 3. The number of thioether (sulfide) groups is 1. The fraction of sp³-hybridized carbons (Fsp3) is 0.257. The Balaban J connectivity index is 1.39. The van der Waals surface area contributed by atoms with Crippen molar-refractivity contribution in [1.29, 1.82) is 5.26 Å². The van der Waals surface area contributed by atoms with E-state index in [1.807, 2.05) is 6.07 Å². The predicted octanol–water partition coefficient (Wildman–Crippen LogP) is 6.20. The van der Waals surface area contributed by atoms with Crippen LogP contribution in [0, 0.1) is 34.6 Å². The average molecular weight is 775 g/mol. The van der Waals surface area contributed by atoms with Crippen LogP contribution in [0.5, 0.6) is 0 Å². The summed E-state index contributed by atoms with van der Waals surface area (Å²) < 4.78 is 94.3. The smallest absolute Gasteiger partial charge is 0.447 e. The average Bonchev–Trinajstić information content (AvgIpc) is 3.62. The SMILES string of the molecule is C[C@@H](SC1COC(/C=C/C=C/c2ccc(C#N)cc2F)OC1)[C@@](Cn1cncn1)(OC(=O)c1c(F)cccc1COP(=O)(O)O)c1ccc(F)cc1F. The molecule has 0 aliphatic carbocycles. The molecule has 2 heterocycles. The van der Waals surface area contributed by atoms with E-state index in [-0.39, 0.29) is 42.0 Å². The maximum Gasteiger partial charge on any atom is 0.469 e. The maximum absolute atomic E-state index is 15.8. The molecule has 53 heavy (non-hydrogen) atoms. The molecule has 12 nitrogen and oxygen atoms in total. The summed E-state index contributed by atoms with van der Waals surface area (Å²) in [6.45, 7) is 0.565. The zero-order valence-electron chi connectivity index (χ0n) is 27.7. The van der Waals surface area contributed by atoms with E-state index >= 15 is 8.78 Å². The number of rotatable bonds is 14. The van der Waals surface area contributed by atoms with Crippen LogP contribution in [0.15, 0.2) is 85.5 Å². The molecule has 2 atom stereocenters. The van der Waals surface area contributed by atoms with Crippen molar-refractivity contribution in [3.63, 3.8) is 0 Å². The van der Waals surface area contributed by atoms with Crippen molar-refractivity contribution >= 4 is 31.6 Å². The number of nitriles is 1. The fourth-order valence-electron chi connectivity index (χ4n) is 5.41. The summed E-state index contributed by atoms with van der Waals surface area (Å²) in [5.41, 5.74) is -2.84. The Morgan fingerprint density at radius 1 is 1.11 bits per heavy atom. The number of hydrogen-bond acceptors (Lipinski definition) is 10. The van der Waals surface area contributed by atoms with Crippen LogP contribution < -0.4 is 0 Å². The minimum atomic E-state index is -5.04. The number of aromatic nitrogens is 3. The van der Waals surface area contributed by atoms with Crippen molar-refractivity contribution in [2.45, 2.75) is 42.5 Å². The summed E-state index contributed by atoms with van der Waals surface area (Å²) in [5, 5.41) is 11.6. The summed E-state index contributed by atoms with van der Waals surface area (Å²) in [4.78, 5) is 36.3. The maximum atomic E-state index is 15.8. The summed E-state index contributed by atoms with van der Waals surface area (Å²) >= 11 is 1.18. The summed E-state index contributed by atoms with van der Waals surface area (Å²) in [5.74, 6) is -4.99. The molecule has 1 saturated heterocycles. The lowest BCUT2D eigenvalue weighted by molar-refractivity contribution is -0.146. The lowest BCUT2D eigenvalue weighted by Crippen LogP contribution is -2.47. The zero-order valence-corrected chi connectivity index (χ0v) is 29.4. The molecule has 0 saturated carbocycles. The Labute approximate surface area is 304 Å². The predicted molar refractivity (Wildman–Crippen MR) is 183 cm³/mol. The van der Waals surface area contributed by atoms with Gasteiger partial charge in [0.1, 0.15) is 41.5 Å². The van der Waals surface area contributed by atoms with Gasteiger partial charge in [0, 0.05) is 22.4 Å². The van der Waals surface area contributed by atoms with E-state index in [2.05, 4.69) is 14.6 Å². The molecular formula is C35H31F4N4O8PS. The van der Waals surface area contributed by atoms with Crippen LogP contribution in [0.1, 0.15) is 39.5 Å². The van der Waals surface area contributed by atoms with Gasteiger partial charge in [0.05, 0.1) is 43.2 Å². The highest BCUT2D eigenvalue weighted by Gasteiger charge is 2.47. The first kappa shape index (κ1) is 39.5. The Bertz CT molecular complexity index is 2070. The van der Waals surface area contributed by atoms with Gasteiger partial charge >= 0.3 is 13.8 Å². The van der Waals surface area contributed by atoms with E-state index < -0.39 is 71.6 Å². The molecular weight excluding hydrogens is 743 g/mol. The lowest BCUT2D eigenvalue weighted by atomic mass is 9.89. The largest absolute Gasteiger partial charge is 0.469 e. The quantitative estimate of drug-likeness (QED) is 0.0646. The molecule has 1 aliphatic heterocycles. The number of carbonyl (C=O) groups excluding carboxylic acids is 1. The number of carbonyl (C=O) groups is 1. The van der Waals surface area contributed by atoms with Crippen molar-refractivity contribution < 1.29 is 55.4 Å². The van der Waals surface area contributed by atoms with Gasteiger partial charge in [-0.2, -0.15) is 10.4 Å². The number of phosphoric ester groups is 1. The third-order valence-electron chi connectivity index (χ3n) is 7.95. The second-order valence-corrected chi connectivity index (χ2v) is 14.4. The molecule has 0 unspecified atom stereocenters. The molecule has 0 spiro atoms. The first-order chi connectivity index (χ1) is 25.3. The van der Waals surface area contributed by atoms with Crippen molar-refractivity contribution in [2.24, 2.45) is 0 Å². The number of halogens is 4. The normalized spacial score (nSPS) is 18.2. The van der Waals surface area contributed by atoms with E-state index in [0.29, 0.717) is 6.07 Å². The highest BCUT2D eigenvalue weighted by Crippen LogP contribution is 2.43. The summed E-state index contributed by atoms with van der Waals surface area (Å²) in [6.07, 6.45) is 7.96. The van der Waals surface area contributed by atoms with Crippen molar-refractivity contribution in [2.75, 3.05) is 13.2 Å². The van der Waals surface area contributed by atoms with Crippen LogP contribution in [0.2, 0.25) is 0 Å². The Hall–Kier alpha value is -4.66. The molecule has 18 heteroatoms. The number of hydrogen-bond donors (Lipinski definition) is 2. The highest BCUT2D eigenvalue weighted by atomic mass is 32.2. The van der Waals surface area contributed by atoms with Crippen molar-refractivity contribution in [3.05, 3.63) is 137 Å². The monoisotopic (exact) mass is 774 g/mol. The van der Waals surface area contributed by atoms with E-state index in [0.717, 1.165) is 24.3 Å². The van der Waals surface area contributed by atoms with Gasteiger partial charge in [0.15, 0.2) is 11.9 Å². The van der Waals surface area contributed by atoms with Gasteiger partial charge < -0.3 is 24.0 Å². The number of allylic oxidation sites excluding steroid dienone is 2. The van der Waals surface area contributed by atoms with Crippen molar-refractivity contribution in [3.8, 4) is 6.07 Å². The molecule has 0 bridgehead atoms. The third kappa shape index (κ3) is 10.3. The molecule has 1 aliphatic rings. The van der Waals surface area contributed by atoms with E-state index in [4.69, 9.17) is 19.5 Å². The molecule has 2 N–H and O–H groups in total. The fourth-order valence-corrected chi connectivity index (χ4v) is 7.08. The van der Waals surface area contributed by atoms with Crippen molar-refractivity contribution in [1.82, 2.24) is 14.8 Å². The number of nitrogens with zero attached hydrogens (tertiary/aromatic N) is 4. The third-order valence-corrected chi connectivity index (χ3v) is 9.86. The van der Waals surface area contributed by atoms with Gasteiger partial charge in [0.25, 0.3) is 0 Å². The van der Waals surface area contributed by atoms with E-state index in [9.17, 15) is 27.9 Å². The second-order valence-electron chi connectivity index (χ2n) is 11.6. The molecule has 0 amide bonds. The second kappa shape index (κ2) is 17.4. The Kier molecular flexibility index (Phi) is 13.0. The van der Waals surface area contributed by atoms with E-state index in [1.165, 1.54) is 59.4 Å². The number of phosphoric acid groups is 1. The van der Waals surface area contributed by atoms with Crippen LogP contribution in [-0.4, -0.2) is 60.5 Å². The first-order valence-electron chi connectivity index (χ1n) is 15.7. The molecule has 0 radical (unpaired) electrons. The highest BCUT2D eigenvalue weighted by molar-refractivity contribution is 8.00. The zero-order chi connectivity index (χ0) is 38.2. The van der Waals surface area contributed by atoms with Crippen LogP contribution in [0.4, 0.5) is 17.6 Å². The van der Waals surface area contributed by atoms with Crippen LogP contribution in [0.25, 0.3) is 6.08 Å². The van der Waals surface area contributed by atoms with Crippen LogP contribution in [0.3, 0.4) is 0 Å². The number of ether oxygens (including phenoxy) is 3. The lowest BCUT2D eigenvalue weighted by Gasteiger charge is -2.40. The molecule has 4 aromatic rings. The molecule has 3 aromatic carbocycles. The topological polar surface area (TPSA) is 166 Å². The Morgan fingerprint density at radius 2 is 1.89 bits per heavy atom.